The average molecular weight is 659 g/mol. The molecule has 0 saturated heterocycles. The normalized spacial score (nSPS) is 14.9. The molecule has 1 atom stereocenters. The van der Waals surface area contributed by atoms with E-state index in [9.17, 15) is 9.59 Å². The number of hydrogen-bond acceptors (Lipinski definition) is 7. The lowest BCUT2D eigenvalue weighted by molar-refractivity contribution is -0.139. The molecule has 6 rings (SSSR count). The number of hydrogen-bond donors (Lipinski definition) is 1. The topological polar surface area (TPSA) is 94.9 Å². The summed E-state index contributed by atoms with van der Waals surface area (Å²) in [7, 11) is 3.21. The van der Waals surface area contributed by atoms with Crippen molar-refractivity contribution in [3.63, 3.8) is 0 Å². The van der Waals surface area contributed by atoms with Gasteiger partial charge in [0.1, 0.15) is 11.5 Å². The molecule has 0 radical (unpaired) electrons. The molecule has 0 bridgehead atoms. The van der Waals surface area contributed by atoms with Crippen molar-refractivity contribution < 1.29 is 19.0 Å². The van der Waals surface area contributed by atoms with Crippen LogP contribution in [0.2, 0.25) is 0 Å². The predicted molar refractivity (Wildman–Crippen MR) is 171 cm³/mol. The number of fused-ring (bicyclic) bond motifs is 2. The predicted octanol–water partition coefficient (Wildman–Crippen LogP) is 5.73. The summed E-state index contributed by atoms with van der Waals surface area (Å²) in [6.45, 7) is 3.72. The monoisotopic (exact) mass is 657 g/mol. The number of aromatic amines is 1. The van der Waals surface area contributed by atoms with Crippen LogP contribution in [-0.2, 0) is 9.53 Å². The van der Waals surface area contributed by atoms with Crippen molar-refractivity contribution in [3.8, 4) is 22.8 Å². The third-order valence-electron chi connectivity index (χ3n) is 7.39. The van der Waals surface area contributed by atoms with Crippen LogP contribution in [0.4, 0.5) is 0 Å². The quantitative estimate of drug-likeness (QED) is 0.226. The van der Waals surface area contributed by atoms with E-state index in [0.29, 0.717) is 36.6 Å². The molecule has 0 unspecified atom stereocenters. The average Bonchev–Trinajstić information content (AvgIpc) is 3.53. The van der Waals surface area contributed by atoms with Crippen LogP contribution in [0.5, 0.6) is 11.5 Å². The number of nitrogens with one attached hydrogen (secondary N) is 1. The van der Waals surface area contributed by atoms with Gasteiger partial charge >= 0.3 is 5.97 Å². The summed E-state index contributed by atoms with van der Waals surface area (Å²) in [6, 6.07) is 20.6. The fraction of sp³-hybridized carbons (Fsp3) is 0.182. The van der Waals surface area contributed by atoms with Crippen molar-refractivity contribution in [1.29, 1.82) is 0 Å². The number of ether oxygens (including phenoxy) is 3. The largest absolute Gasteiger partial charge is 0.497 e. The highest BCUT2D eigenvalue weighted by Crippen LogP contribution is 2.36. The van der Waals surface area contributed by atoms with Crippen molar-refractivity contribution in [2.75, 3.05) is 20.8 Å². The summed E-state index contributed by atoms with van der Waals surface area (Å²) < 4.78 is 19.1. The van der Waals surface area contributed by atoms with E-state index in [2.05, 4.69) is 20.9 Å². The first-order chi connectivity index (χ1) is 20.8. The SMILES string of the molecule is CCOC(=O)C1=C(C)N=c2s/c(=C/c3c(-c4ccccc4)[nH]c4ccc(OC)cc34)c(=O)n2[C@@H]1c1ccc(OC)c(Br)c1. The molecule has 1 N–H and O–H groups in total. The van der Waals surface area contributed by atoms with Crippen molar-refractivity contribution >= 4 is 50.2 Å². The zero-order chi connectivity index (χ0) is 30.2. The zero-order valence-corrected chi connectivity index (χ0v) is 26.3. The molecular weight excluding hydrogens is 630 g/mol. The number of aromatic nitrogens is 2. The Morgan fingerprint density at radius 1 is 1.09 bits per heavy atom. The van der Waals surface area contributed by atoms with E-state index >= 15 is 0 Å². The van der Waals surface area contributed by atoms with E-state index in [4.69, 9.17) is 19.2 Å². The lowest BCUT2D eigenvalue weighted by Crippen LogP contribution is -2.40. The molecule has 0 spiro atoms. The van der Waals surface area contributed by atoms with Crippen LogP contribution in [0.25, 0.3) is 28.2 Å². The molecule has 1 aliphatic heterocycles. The summed E-state index contributed by atoms with van der Waals surface area (Å²) >= 11 is 4.84. The second-order valence-corrected chi connectivity index (χ2v) is 11.8. The number of benzene rings is 3. The van der Waals surface area contributed by atoms with Gasteiger partial charge in [-0.05, 0) is 77.3 Å². The van der Waals surface area contributed by atoms with Gasteiger partial charge in [0.05, 0.1) is 52.8 Å². The standard InChI is InChI=1S/C33H28BrN3O5S/c1-5-42-32(39)28-18(2)35-33-37(30(28)20-11-14-26(41-4)24(34)15-20)31(38)27(43-33)17-23-22-16-21(40-3)12-13-25(22)36-29(23)19-9-7-6-8-10-19/h6-17,30,36H,5H2,1-4H3/b27-17+/t30-/m1/s1. The highest BCUT2D eigenvalue weighted by Gasteiger charge is 2.33. The Hall–Kier alpha value is -4.41. The summed E-state index contributed by atoms with van der Waals surface area (Å²) in [6.07, 6.45) is 1.90. The number of methoxy groups -OCH3 is 2. The second kappa shape index (κ2) is 11.7. The molecule has 3 aromatic carbocycles. The van der Waals surface area contributed by atoms with Gasteiger partial charge in [-0.15, -0.1) is 0 Å². The number of esters is 1. The van der Waals surface area contributed by atoms with Gasteiger partial charge in [0.2, 0.25) is 0 Å². The summed E-state index contributed by atoms with van der Waals surface area (Å²) in [5, 5.41) is 0.920. The lowest BCUT2D eigenvalue weighted by atomic mass is 9.96. The number of carbonyl (C=O) groups is 1. The molecule has 43 heavy (non-hydrogen) atoms. The van der Waals surface area contributed by atoms with Gasteiger partial charge in [-0.2, -0.15) is 0 Å². The third-order valence-corrected chi connectivity index (χ3v) is 9.00. The fourth-order valence-electron chi connectivity index (χ4n) is 5.39. The van der Waals surface area contributed by atoms with Crippen molar-refractivity contribution in [3.05, 3.63) is 113 Å². The van der Waals surface area contributed by atoms with Crippen LogP contribution in [0.15, 0.2) is 92.3 Å². The smallest absolute Gasteiger partial charge is 0.338 e. The van der Waals surface area contributed by atoms with Gasteiger partial charge in [0, 0.05) is 16.5 Å². The molecule has 0 fully saturated rings. The van der Waals surface area contributed by atoms with E-state index < -0.39 is 12.0 Å². The Kier molecular flexibility index (Phi) is 7.81. The first-order valence-electron chi connectivity index (χ1n) is 13.6. The third kappa shape index (κ3) is 5.10. The van der Waals surface area contributed by atoms with Gasteiger partial charge in [-0.3, -0.25) is 9.36 Å². The van der Waals surface area contributed by atoms with E-state index in [-0.39, 0.29) is 12.2 Å². The van der Waals surface area contributed by atoms with E-state index in [1.54, 1.807) is 38.7 Å². The molecule has 0 aliphatic carbocycles. The fourth-order valence-corrected chi connectivity index (χ4v) is 6.98. The Morgan fingerprint density at radius 3 is 2.58 bits per heavy atom. The maximum Gasteiger partial charge on any atom is 0.338 e. The maximum absolute atomic E-state index is 14.3. The zero-order valence-electron chi connectivity index (χ0n) is 23.9. The number of thiazole rings is 1. The summed E-state index contributed by atoms with van der Waals surface area (Å²) in [5.74, 6) is 0.838. The van der Waals surface area contributed by atoms with Crippen LogP contribution in [0.3, 0.4) is 0 Å². The van der Waals surface area contributed by atoms with Crippen molar-refractivity contribution in [2.45, 2.75) is 19.9 Å². The van der Waals surface area contributed by atoms with E-state index in [0.717, 1.165) is 33.3 Å². The Morgan fingerprint density at radius 2 is 1.88 bits per heavy atom. The highest BCUT2D eigenvalue weighted by atomic mass is 79.9. The molecule has 0 amide bonds. The molecule has 0 saturated carbocycles. The molecule has 3 heterocycles. The van der Waals surface area contributed by atoms with Crippen LogP contribution < -0.4 is 24.4 Å². The number of nitrogens with zero attached hydrogens (tertiary/aromatic N) is 2. The minimum atomic E-state index is -0.740. The van der Waals surface area contributed by atoms with Crippen LogP contribution in [-0.4, -0.2) is 36.3 Å². The molecule has 1 aliphatic rings. The van der Waals surface area contributed by atoms with Gasteiger partial charge < -0.3 is 19.2 Å². The summed E-state index contributed by atoms with van der Waals surface area (Å²) in [4.78, 5) is 36.3. The van der Waals surface area contributed by atoms with E-state index in [1.807, 2.05) is 66.7 Å². The van der Waals surface area contributed by atoms with Crippen molar-refractivity contribution in [1.82, 2.24) is 9.55 Å². The molecule has 8 nitrogen and oxygen atoms in total. The molecular formula is C33H28BrN3O5S. The first kappa shape index (κ1) is 28.7. The van der Waals surface area contributed by atoms with Gasteiger partial charge in [-0.25, -0.2) is 9.79 Å². The minimum absolute atomic E-state index is 0.200. The molecule has 10 heteroatoms. The highest BCUT2D eigenvalue weighted by molar-refractivity contribution is 9.10. The molecule has 5 aromatic rings. The van der Waals surface area contributed by atoms with Crippen LogP contribution in [0, 0.1) is 0 Å². The number of halogens is 1. The van der Waals surface area contributed by atoms with Gasteiger partial charge in [0.25, 0.3) is 5.56 Å². The maximum atomic E-state index is 14.3. The van der Waals surface area contributed by atoms with Gasteiger partial charge in [-0.1, -0.05) is 47.7 Å². The Labute approximate surface area is 259 Å². The van der Waals surface area contributed by atoms with Gasteiger partial charge in [0.15, 0.2) is 4.80 Å². The number of allylic oxidation sites excluding steroid dienone is 1. The van der Waals surface area contributed by atoms with Crippen LogP contribution in [0.1, 0.15) is 31.0 Å². The summed E-state index contributed by atoms with van der Waals surface area (Å²) in [5.41, 5.74) is 4.93. The number of rotatable bonds is 7. The first-order valence-corrected chi connectivity index (χ1v) is 15.2. The molecule has 218 valence electrons. The Balaban J connectivity index is 1.62. The minimum Gasteiger partial charge on any atom is -0.497 e. The lowest BCUT2D eigenvalue weighted by Gasteiger charge is -2.25. The van der Waals surface area contributed by atoms with E-state index in [1.165, 1.54) is 11.3 Å². The van der Waals surface area contributed by atoms with Crippen molar-refractivity contribution in [2.24, 2.45) is 4.99 Å². The Bertz CT molecular complexity index is 2090. The number of H-pyrrole nitrogens is 1. The number of carbonyl (C=O) groups excluding carboxylic acids is 1. The van der Waals surface area contributed by atoms with Crippen LogP contribution >= 0.6 is 27.3 Å². The molecule has 2 aromatic heterocycles. The second-order valence-electron chi connectivity index (χ2n) is 9.89.